The molecule has 0 saturated carbocycles. The molecule has 2 atom stereocenters. The van der Waals surface area contributed by atoms with Crippen molar-refractivity contribution < 1.29 is 14.9 Å². The van der Waals surface area contributed by atoms with E-state index >= 15 is 0 Å². The Morgan fingerprint density at radius 3 is 1.74 bits per heavy atom. The first-order chi connectivity index (χ1) is 11.2. The van der Waals surface area contributed by atoms with Gasteiger partial charge in [0, 0.05) is 6.61 Å². The van der Waals surface area contributed by atoms with Gasteiger partial charge >= 0.3 is 0 Å². The molecular weight excluding hydrogens is 288 g/mol. The van der Waals surface area contributed by atoms with Crippen LogP contribution in [0.1, 0.15) is 97.3 Å². The molecule has 0 aliphatic heterocycles. The number of aliphatic hydroxyl groups is 2. The molecule has 1 unspecified atom stereocenters. The van der Waals surface area contributed by atoms with Crippen LogP contribution in [0, 0.1) is 5.92 Å². The van der Waals surface area contributed by atoms with Crippen molar-refractivity contribution in [2.45, 2.75) is 103 Å². The Balaban J connectivity index is 3.03. The minimum atomic E-state index is -0.718. The third-order valence-electron chi connectivity index (χ3n) is 4.70. The second-order valence-electron chi connectivity index (χ2n) is 7.10. The predicted octanol–water partition coefficient (Wildman–Crippen LogP) is 5.08. The minimum absolute atomic E-state index is 0.210. The van der Waals surface area contributed by atoms with Gasteiger partial charge < -0.3 is 14.9 Å². The number of hydrogen-bond donors (Lipinski definition) is 2. The zero-order valence-corrected chi connectivity index (χ0v) is 15.8. The van der Waals surface area contributed by atoms with Crippen molar-refractivity contribution in [2.24, 2.45) is 5.92 Å². The molecule has 3 heteroatoms. The van der Waals surface area contributed by atoms with Crippen LogP contribution >= 0.6 is 0 Å². The van der Waals surface area contributed by atoms with Gasteiger partial charge in [-0.2, -0.15) is 0 Å². The van der Waals surface area contributed by atoms with Crippen LogP contribution in [0.2, 0.25) is 0 Å². The Morgan fingerprint density at radius 1 is 0.783 bits per heavy atom. The van der Waals surface area contributed by atoms with Gasteiger partial charge in [0.05, 0.1) is 13.2 Å². The summed E-state index contributed by atoms with van der Waals surface area (Å²) in [6, 6.07) is 0. The number of unbranched alkanes of at least 4 members (excludes halogenated alkanes) is 10. The summed E-state index contributed by atoms with van der Waals surface area (Å²) in [5.41, 5.74) is 0. The van der Waals surface area contributed by atoms with Gasteiger partial charge in [-0.05, 0) is 12.3 Å². The maximum atomic E-state index is 9.11. The lowest BCUT2D eigenvalue weighted by molar-refractivity contribution is 0.00526. The molecule has 140 valence electrons. The molecule has 0 heterocycles. The molecule has 0 aromatic rings. The quantitative estimate of drug-likeness (QED) is 0.344. The van der Waals surface area contributed by atoms with E-state index in [9.17, 15) is 0 Å². The van der Waals surface area contributed by atoms with Gasteiger partial charge in [-0.3, -0.25) is 0 Å². The first-order valence-corrected chi connectivity index (χ1v) is 10.1. The summed E-state index contributed by atoms with van der Waals surface area (Å²) in [5, 5.41) is 17.8. The lowest BCUT2D eigenvalue weighted by Gasteiger charge is -2.08. The van der Waals surface area contributed by atoms with Crippen molar-refractivity contribution in [3.8, 4) is 0 Å². The van der Waals surface area contributed by atoms with E-state index in [-0.39, 0.29) is 13.2 Å². The SMILES string of the molecule is CCC(C)CCCCCCCCCCCCCOC[C@@H](O)CO. The standard InChI is InChI=1S/C20H42O3/c1-3-19(2)15-13-11-9-7-5-4-6-8-10-12-14-16-23-18-20(22)17-21/h19-22H,3-18H2,1-2H3/t19?,20-/m0/s1. The second-order valence-corrected chi connectivity index (χ2v) is 7.10. The van der Waals surface area contributed by atoms with E-state index in [4.69, 9.17) is 14.9 Å². The van der Waals surface area contributed by atoms with Crippen molar-refractivity contribution in [1.29, 1.82) is 0 Å². The van der Waals surface area contributed by atoms with Crippen LogP contribution in [0.3, 0.4) is 0 Å². The van der Waals surface area contributed by atoms with Gasteiger partial charge in [0.15, 0.2) is 0 Å². The van der Waals surface area contributed by atoms with Crippen LogP contribution in [0.5, 0.6) is 0 Å². The van der Waals surface area contributed by atoms with Crippen molar-refractivity contribution in [1.82, 2.24) is 0 Å². The molecule has 0 amide bonds. The highest BCUT2D eigenvalue weighted by Gasteiger charge is 2.01. The van der Waals surface area contributed by atoms with E-state index in [1.54, 1.807) is 0 Å². The van der Waals surface area contributed by atoms with E-state index in [1.807, 2.05) is 0 Å². The van der Waals surface area contributed by atoms with E-state index < -0.39 is 6.10 Å². The highest BCUT2D eigenvalue weighted by atomic mass is 16.5. The Morgan fingerprint density at radius 2 is 1.26 bits per heavy atom. The number of rotatable bonds is 18. The van der Waals surface area contributed by atoms with Crippen molar-refractivity contribution in [3.05, 3.63) is 0 Å². The third-order valence-corrected chi connectivity index (χ3v) is 4.70. The fraction of sp³-hybridized carbons (Fsp3) is 1.00. The summed E-state index contributed by atoms with van der Waals surface area (Å²) in [6.45, 7) is 5.41. The molecule has 0 spiro atoms. The molecule has 0 aliphatic carbocycles. The molecule has 0 radical (unpaired) electrons. The fourth-order valence-corrected chi connectivity index (χ4v) is 2.76. The maximum Gasteiger partial charge on any atom is 0.100 e. The van der Waals surface area contributed by atoms with Gasteiger partial charge in [0.2, 0.25) is 0 Å². The topological polar surface area (TPSA) is 49.7 Å². The van der Waals surface area contributed by atoms with Crippen LogP contribution in [0.4, 0.5) is 0 Å². The summed E-state index contributed by atoms with van der Waals surface area (Å²) >= 11 is 0. The first-order valence-electron chi connectivity index (χ1n) is 10.1. The van der Waals surface area contributed by atoms with Crippen LogP contribution in [-0.2, 0) is 4.74 Å². The monoisotopic (exact) mass is 330 g/mol. The van der Waals surface area contributed by atoms with E-state index in [1.165, 1.54) is 77.0 Å². The van der Waals surface area contributed by atoms with Crippen molar-refractivity contribution >= 4 is 0 Å². The minimum Gasteiger partial charge on any atom is -0.394 e. The predicted molar refractivity (Wildman–Crippen MR) is 98.8 cm³/mol. The smallest absolute Gasteiger partial charge is 0.100 e. The fourth-order valence-electron chi connectivity index (χ4n) is 2.76. The molecule has 3 nitrogen and oxygen atoms in total. The van der Waals surface area contributed by atoms with Gasteiger partial charge in [-0.15, -0.1) is 0 Å². The summed E-state index contributed by atoms with van der Waals surface area (Å²) in [7, 11) is 0. The molecular formula is C20H42O3. The van der Waals surface area contributed by atoms with Crippen LogP contribution < -0.4 is 0 Å². The zero-order valence-electron chi connectivity index (χ0n) is 15.8. The Bertz CT molecular complexity index is 199. The Kier molecular flexibility index (Phi) is 18.1. The summed E-state index contributed by atoms with van der Waals surface area (Å²) in [4.78, 5) is 0. The Hall–Kier alpha value is -0.120. The molecule has 23 heavy (non-hydrogen) atoms. The summed E-state index contributed by atoms with van der Waals surface area (Å²) < 4.78 is 5.29. The number of ether oxygens (including phenoxy) is 1. The molecule has 2 N–H and O–H groups in total. The summed E-state index contributed by atoms with van der Waals surface area (Å²) in [6.07, 6.45) is 16.8. The molecule has 0 aromatic carbocycles. The van der Waals surface area contributed by atoms with E-state index in [0.717, 1.165) is 12.3 Å². The average Bonchev–Trinajstić information content (AvgIpc) is 2.57. The number of aliphatic hydroxyl groups excluding tert-OH is 2. The Labute approximate surface area is 144 Å². The van der Waals surface area contributed by atoms with Crippen LogP contribution in [0.15, 0.2) is 0 Å². The van der Waals surface area contributed by atoms with E-state index in [2.05, 4.69) is 13.8 Å². The van der Waals surface area contributed by atoms with Crippen LogP contribution in [-0.4, -0.2) is 36.1 Å². The highest BCUT2D eigenvalue weighted by Crippen LogP contribution is 2.15. The van der Waals surface area contributed by atoms with Gasteiger partial charge in [0.1, 0.15) is 6.10 Å². The third kappa shape index (κ3) is 18.1. The lowest BCUT2D eigenvalue weighted by atomic mass is 9.99. The first kappa shape index (κ1) is 22.9. The normalized spacial score (nSPS) is 14.1. The summed E-state index contributed by atoms with van der Waals surface area (Å²) in [5.74, 6) is 0.917. The second kappa shape index (κ2) is 18.2. The molecule has 0 aromatic heterocycles. The average molecular weight is 331 g/mol. The van der Waals surface area contributed by atoms with Gasteiger partial charge in [0.25, 0.3) is 0 Å². The molecule has 0 bridgehead atoms. The largest absolute Gasteiger partial charge is 0.394 e. The zero-order chi connectivity index (χ0) is 17.2. The van der Waals surface area contributed by atoms with Crippen LogP contribution in [0.25, 0.3) is 0 Å². The lowest BCUT2D eigenvalue weighted by Crippen LogP contribution is -2.19. The van der Waals surface area contributed by atoms with Gasteiger partial charge in [-0.25, -0.2) is 0 Å². The maximum absolute atomic E-state index is 9.11. The highest BCUT2D eigenvalue weighted by molar-refractivity contribution is 4.53. The molecule has 0 saturated heterocycles. The molecule has 0 rings (SSSR count). The van der Waals surface area contributed by atoms with Crippen molar-refractivity contribution in [3.63, 3.8) is 0 Å². The molecule has 0 aliphatic rings. The van der Waals surface area contributed by atoms with Crippen molar-refractivity contribution in [2.75, 3.05) is 19.8 Å². The van der Waals surface area contributed by atoms with Gasteiger partial charge in [-0.1, -0.05) is 90.9 Å². The van der Waals surface area contributed by atoms with E-state index in [0.29, 0.717) is 6.61 Å². The molecule has 0 fully saturated rings. The number of hydrogen-bond acceptors (Lipinski definition) is 3.